The molecule has 3 heteroatoms. The van der Waals surface area contributed by atoms with E-state index in [2.05, 4.69) is 25.0 Å². The normalized spacial score (nSPS) is 22.9. The summed E-state index contributed by atoms with van der Waals surface area (Å²) in [7, 11) is 0. The molecule has 0 bridgehead atoms. The van der Waals surface area contributed by atoms with Gasteiger partial charge in [0.1, 0.15) is 0 Å². The van der Waals surface area contributed by atoms with Crippen molar-refractivity contribution in [3.05, 3.63) is 0 Å². The van der Waals surface area contributed by atoms with E-state index in [-0.39, 0.29) is 6.10 Å². The third-order valence-corrected chi connectivity index (χ3v) is 3.86. The van der Waals surface area contributed by atoms with E-state index in [9.17, 15) is 5.11 Å². The first-order valence-corrected chi connectivity index (χ1v) is 6.95. The van der Waals surface area contributed by atoms with Gasteiger partial charge in [-0.05, 0) is 52.0 Å². The van der Waals surface area contributed by atoms with E-state index < -0.39 is 0 Å². The SMILES string of the molecule is CSCC(O)C1CCN(C(C)C)CC1. The molecule has 1 N–H and O–H groups in total. The van der Waals surface area contributed by atoms with Gasteiger partial charge in [0, 0.05) is 11.8 Å². The quantitative estimate of drug-likeness (QED) is 0.777. The lowest BCUT2D eigenvalue weighted by molar-refractivity contribution is 0.0643. The Balaban J connectivity index is 2.28. The van der Waals surface area contributed by atoms with Crippen LogP contribution in [0.25, 0.3) is 0 Å². The molecule has 1 rings (SSSR count). The second kappa shape index (κ2) is 5.99. The van der Waals surface area contributed by atoms with Crippen molar-refractivity contribution >= 4 is 11.8 Å². The maximum absolute atomic E-state index is 9.86. The molecule has 14 heavy (non-hydrogen) atoms. The molecule has 0 amide bonds. The number of piperidine rings is 1. The van der Waals surface area contributed by atoms with E-state index in [0.29, 0.717) is 12.0 Å². The van der Waals surface area contributed by atoms with Gasteiger partial charge in [0.25, 0.3) is 0 Å². The van der Waals surface area contributed by atoms with Crippen LogP contribution < -0.4 is 0 Å². The minimum atomic E-state index is -0.0840. The number of hydrogen-bond acceptors (Lipinski definition) is 3. The van der Waals surface area contributed by atoms with Gasteiger partial charge in [0.15, 0.2) is 0 Å². The summed E-state index contributed by atoms with van der Waals surface area (Å²) >= 11 is 1.75. The average molecular weight is 217 g/mol. The maximum Gasteiger partial charge on any atom is 0.0659 e. The predicted molar refractivity (Wildman–Crippen MR) is 63.8 cm³/mol. The van der Waals surface area contributed by atoms with Crippen LogP contribution >= 0.6 is 11.8 Å². The average Bonchev–Trinajstić information content (AvgIpc) is 2.18. The number of aliphatic hydroxyl groups is 1. The van der Waals surface area contributed by atoms with Crippen LogP contribution in [0.15, 0.2) is 0 Å². The molecule has 1 unspecified atom stereocenters. The number of thioether (sulfide) groups is 1. The van der Waals surface area contributed by atoms with Crippen LogP contribution in [0.5, 0.6) is 0 Å². The maximum atomic E-state index is 9.86. The summed E-state index contributed by atoms with van der Waals surface area (Å²) in [4.78, 5) is 2.50. The second-order valence-corrected chi connectivity index (χ2v) is 5.40. The zero-order chi connectivity index (χ0) is 10.6. The lowest BCUT2D eigenvalue weighted by Crippen LogP contribution is -2.41. The molecule has 0 aliphatic carbocycles. The van der Waals surface area contributed by atoms with Gasteiger partial charge in [0.05, 0.1) is 6.10 Å². The Morgan fingerprint density at radius 2 is 1.93 bits per heavy atom. The molecule has 0 spiro atoms. The molecule has 84 valence electrons. The van der Waals surface area contributed by atoms with Crippen molar-refractivity contribution < 1.29 is 5.11 Å². The molecule has 0 radical (unpaired) electrons. The van der Waals surface area contributed by atoms with Crippen LogP contribution in [0.4, 0.5) is 0 Å². The molecule has 0 aromatic rings. The van der Waals surface area contributed by atoms with Crippen molar-refractivity contribution in [3.63, 3.8) is 0 Å². The Hall–Kier alpha value is 0.270. The van der Waals surface area contributed by atoms with Crippen LogP contribution in [0.3, 0.4) is 0 Å². The monoisotopic (exact) mass is 217 g/mol. The lowest BCUT2D eigenvalue weighted by atomic mass is 9.91. The van der Waals surface area contributed by atoms with Gasteiger partial charge < -0.3 is 10.0 Å². The Morgan fingerprint density at radius 1 is 1.36 bits per heavy atom. The van der Waals surface area contributed by atoms with E-state index in [1.165, 1.54) is 12.8 Å². The molecule has 1 aliphatic heterocycles. The van der Waals surface area contributed by atoms with Crippen LogP contribution in [0, 0.1) is 5.92 Å². The van der Waals surface area contributed by atoms with Gasteiger partial charge in [-0.3, -0.25) is 0 Å². The summed E-state index contributed by atoms with van der Waals surface area (Å²) in [5.41, 5.74) is 0. The van der Waals surface area contributed by atoms with E-state index in [1.54, 1.807) is 11.8 Å². The summed E-state index contributed by atoms with van der Waals surface area (Å²) in [6, 6.07) is 0.661. The van der Waals surface area contributed by atoms with Crippen LogP contribution in [0.2, 0.25) is 0 Å². The van der Waals surface area contributed by atoms with Crippen molar-refractivity contribution in [1.82, 2.24) is 4.90 Å². The third-order valence-electron chi connectivity index (χ3n) is 3.19. The molecule has 2 nitrogen and oxygen atoms in total. The Bertz CT molecular complexity index is 155. The van der Waals surface area contributed by atoms with Gasteiger partial charge in [-0.2, -0.15) is 11.8 Å². The number of rotatable bonds is 4. The van der Waals surface area contributed by atoms with Crippen molar-refractivity contribution in [2.24, 2.45) is 5.92 Å². The first-order valence-electron chi connectivity index (χ1n) is 5.56. The summed E-state index contributed by atoms with van der Waals surface area (Å²) in [5, 5.41) is 9.86. The predicted octanol–water partition coefficient (Wildman–Crippen LogP) is 1.83. The van der Waals surface area contributed by atoms with E-state index >= 15 is 0 Å². The fourth-order valence-electron chi connectivity index (χ4n) is 2.13. The minimum Gasteiger partial charge on any atom is -0.392 e. The Kier molecular flexibility index (Phi) is 5.28. The van der Waals surface area contributed by atoms with Gasteiger partial charge in [0.2, 0.25) is 0 Å². The Labute approximate surface area is 92.1 Å². The zero-order valence-corrected chi connectivity index (χ0v) is 10.4. The van der Waals surface area contributed by atoms with E-state index in [1.807, 2.05) is 0 Å². The van der Waals surface area contributed by atoms with Gasteiger partial charge in [-0.1, -0.05) is 0 Å². The van der Waals surface area contributed by atoms with Gasteiger partial charge >= 0.3 is 0 Å². The Morgan fingerprint density at radius 3 is 2.36 bits per heavy atom. The van der Waals surface area contributed by atoms with Crippen molar-refractivity contribution in [2.75, 3.05) is 25.1 Å². The molecule has 1 saturated heterocycles. The van der Waals surface area contributed by atoms with E-state index in [0.717, 1.165) is 18.8 Å². The molecule has 1 aliphatic rings. The zero-order valence-electron chi connectivity index (χ0n) is 9.57. The van der Waals surface area contributed by atoms with E-state index in [4.69, 9.17) is 0 Å². The van der Waals surface area contributed by atoms with Crippen LogP contribution in [0.1, 0.15) is 26.7 Å². The number of likely N-dealkylation sites (tertiary alicyclic amines) is 1. The second-order valence-electron chi connectivity index (χ2n) is 4.49. The first-order chi connectivity index (χ1) is 6.65. The third kappa shape index (κ3) is 3.44. The molecule has 0 aromatic heterocycles. The molecule has 1 heterocycles. The molecule has 0 aromatic carbocycles. The summed E-state index contributed by atoms with van der Waals surface area (Å²) in [5.74, 6) is 1.43. The topological polar surface area (TPSA) is 23.5 Å². The summed E-state index contributed by atoms with van der Waals surface area (Å²) in [6.07, 6.45) is 4.31. The highest BCUT2D eigenvalue weighted by Crippen LogP contribution is 2.23. The van der Waals surface area contributed by atoms with Crippen molar-refractivity contribution in [3.8, 4) is 0 Å². The molecular weight excluding hydrogens is 194 g/mol. The van der Waals surface area contributed by atoms with Crippen LogP contribution in [-0.2, 0) is 0 Å². The summed E-state index contributed by atoms with van der Waals surface area (Å²) in [6.45, 7) is 6.82. The highest BCUT2D eigenvalue weighted by atomic mass is 32.2. The fourth-order valence-corrected chi connectivity index (χ4v) is 2.74. The largest absolute Gasteiger partial charge is 0.392 e. The minimum absolute atomic E-state index is 0.0840. The standard InChI is InChI=1S/C11H23NOS/c1-9(2)12-6-4-10(5-7-12)11(13)8-14-3/h9-11,13H,4-8H2,1-3H3. The van der Waals surface area contributed by atoms with Gasteiger partial charge in [-0.25, -0.2) is 0 Å². The highest BCUT2D eigenvalue weighted by Gasteiger charge is 2.25. The van der Waals surface area contributed by atoms with Crippen molar-refractivity contribution in [1.29, 1.82) is 0 Å². The number of hydrogen-bond donors (Lipinski definition) is 1. The fraction of sp³-hybridized carbons (Fsp3) is 1.00. The van der Waals surface area contributed by atoms with Crippen molar-refractivity contribution in [2.45, 2.75) is 38.8 Å². The molecular formula is C11H23NOS. The number of nitrogens with zero attached hydrogens (tertiary/aromatic N) is 1. The lowest BCUT2D eigenvalue weighted by Gasteiger charge is -2.36. The van der Waals surface area contributed by atoms with Gasteiger partial charge in [-0.15, -0.1) is 0 Å². The number of aliphatic hydroxyl groups excluding tert-OH is 1. The molecule has 1 atom stereocenters. The molecule has 0 saturated carbocycles. The highest BCUT2D eigenvalue weighted by molar-refractivity contribution is 7.98. The van der Waals surface area contributed by atoms with Crippen LogP contribution in [-0.4, -0.2) is 47.3 Å². The molecule has 1 fully saturated rings. The summed E-state index contributed by atoms with van der Waals surface area (Å²) < 4.78 is 0. The first kappa shape index (κ1) is 12.3. The smallest absolute Gasteiger partial charge is 0.0659 e.